The fraction of sp³-hybridized carbons (Fsp3) is 0.417. The first-order valence-electron chi connectivity index (χ1n) is 11.1. The number of carbonyl (C=O) groups is 1. The number of para-hydroxylation sites is 1. The molecule has 0 spiro atoms. The molecular weight excluding hydrogens is 406 g/mol. The van der Waals surface area contributed by atoms with E-state index in [0.29, 0.717) is 44.1 Å². The van der Waals surface area contributed by atoms with Gasteiger partial charge >= 0.3 is 0 Å². The maximum absolute atomic E-state index is 13.2. The van der Waals surface area contributed by atoms with Crippen molar-refractivity contribution in [3.05, 3.63) is 63.7 Å². The van der Waals surface area contributed by atoms with Crippen LogP contribution in [0, 0.1) is 33.3 Å². The molecule has 8 heteroatoms. The van der Waals surface area contributed by atoms with Gasteiger partial charge in [0, 0.05) is 44.0 Å². The van der Waals surface area contributed by atoms with E-state index >= 15 is 0 Å². The molecule has 8 nitrogen and oxygen atoms in total. The minimum Gasteiger partial charge on any atom is -0.367 e. The Labute approximate surface area is 186 Å². The number of hydrogen-bond donors (Lipinski definition) is 1. The van der Waals surface area contributed by atoms with Crippen LogP contribution in [0.25, 0.3) is 0 Å². The first kappa shape index (κ1) is 20.3. The lowest BCUT2D eigenvalue weighted by Crippen LogP contribution is -2.61. The van der Waals surface area contributed by atoms with Crippen LogP contribution >= 0.6 is 0 Å². The summed E-state index contributed by atoms with van der Waals surface area (Å²) in [7, 11) is 0. The third-order valence-electron chi connectivity index (χ3n) is 6.87. The number of amides is 1. The van der Waals surface area contributed by atoms with E-state index in [4.69, 9.17) is 0 Å². The summed E-state index contributed by atoms with van der Waals surface area (Å²) in [5.41, 5.74) is 3.40. The molecule has 1 saturated heterocycles. The number of nitro benzene ring substituents is 1. The van der Waals surface area contributed by atoms with Gasteiger partial charge < -0.3 is 15.1 Å². The molecule has 5 rings (SSSR count). The van der Waals surface area contributed by atoms with Crippen molar-refractivity contribution in [2.24, 2.45) is 11.8 Å². The molecule has 0 radical (unpaired) electrons. The molecule has 2 fully saturated rings. The third kappa shape index (κ3) is 3.75. The molecule has 2 aliphatic heterocycles. The van der Waals surface area contributed by atoms with Gasteiger partial charge in [-0.1, -0.05) is 12.1 Å². The molecule has 2 aromatic carbocycles. The Bertz CT molecular complexity index is 1110. The summed E-state index contributed by atoms with van der Waals surface area (Å²) in [6.07, 6.45) is 2.80. The number of rotatable bonds is 5. The van der Waals surface area contributed by atoms with Crippen molar-refractivity contribution >= 4 is 23.0 Å². The molecular formula is C24H25N5O3. The van der Waals surface area contributed by atoms with Crippen molar-refractivity contribution in [1.82, 2.24) is 5.32 Å². The highest BCUT2D eigenvalue weighted by atomic mass is 16.6. The Hall–Kier alpha value is -3.60. The predicted molar refractivity (Wildman–Crippen MR) is 121 cm³/mol. The van der Waals surface area contributed by atoms with Crippen LogP contribution in [-0.4, -0.2) is 43.1 Å². The van der Waals surface area contributed by atoms with Gasteiger partial charge in [-0.3, -0.25) is 14.9 Å². The van der Waals surface area contributed by atoms with Gasteiger partial charge in [-0.05, 0) is 48.9 Å². The van der Waals surface area contributed by atoms with Crippen molar-refractivity contribution in [1.29, 1.82) is 5.26 Å². The summed E-state index contributed by atoms with van der Waals surface area (Å²) in [6.45, 7) is 2.71. The van der Waals surface area contributed by atoms with E-state index < -0.39 is 0 Å². The summed E-state index contributed by atoms with van der Waals surface area (Å²) >= 11 is 0. The molecule has 2 atom stereocenters. The highest BCUT2D eigenvalue weighted by Crippen LogP contribution is 2.39. The second-order valence-electron chi connectivity index (χ2n) is 8.90. The van der Waals surface area contributed by atoms with Crippen LogP contribution < -0.4 is 15.1 Å². The molecule has 2 aromatic rings. The quantitative estimate of drug-likeness (QED) is 0.577. The van der Waals surface area contributed by atoms with E-state index in [2.05, 4.69) is 21.2 Å². The average Bonchev–Trinajstić information content (AvgIpc) is 3.65. The van der Waals surface area contributed by atoms with Crippen molar-refractivity contribution in [3.8, 4) is 6.07 Å². The number of benzene rings is 2. The van der Waals surface area contributed by atoms with E-state index in [-0.39, 0.29) is 28.5 Å². The zero-order valence-corrected chi connectivity index (χ0v) is 17.7. The second-order valence-corrected chi connectivity index (χ2v) is 8.90. The molecule has 164 valence electrons. The Balaban J connectivity index is 1.47. The van der Waals surface area contributed by atoms with Crippen molar-refractivity contribution in [3.63, 3.8) is 0 Å². The van der Waals surface area contributed by atoms with E-state index in [1.54, 1.807) is 12.1 Å². The number of hydrogen-bond acceptors (Lipinski definition) is 6. The number of nitrogens with zero attached hydrogens (tertiary/aromatic N) is 4. The number of nitriles is 1. The first-order chi connectivity index (χ1) is 15.5. The van der Waals surface area contributed by atoms with Crippen LogP contribution in [0.5, 0.6) is 0 Å². The summed E-state index contributed by atoms with van der Waals surface area (Å²) in [4.78, 5) is 28.6. The van der Waals surface area contributed by atoms with Gasteiger partial charge in [-0.25, -0.2) is 0 Å². The first-order valence-corrected chi connectivity index (χ1v) is 11.1. The summed E-state index contributed by atoms with van der Waals surface area (Å²) in [6, 6.07) is 14.7. The number of non-ortho nitro benzene ring substituents is 1. The van der Waals surface area contributed by atoms with Crippen LogP contribution in [0.1, 0.15) is 24.0 Å². The largest absolute Gasteiger partial charge is 0.367 e. The van der Waals surface area contributed by atoms with Gasteiger partial charge in [0.1, 0.15) is 6.07 Å². The highest BCUT2D eigenvalue weighted by Gasteiger charge is 2.42. The van der Waals surface area contributed by atoms with Gasteiger partial charge in [0.15, 0.2) is 0 Å². The van der Waals surface area contributed by atoms with Crippen LogP contribution in [0.2, 0.25) is 0 Å². The topological polar surface area (TPSA) is 103 Å². The third-order valence-corrected chi connectivity index (χ3v) is 6.87. The zero-order chi connectivity index (χ0) is 22.2. The molecule has 0 bridgehead atoms. The molecule has 1 amide bonds. The Morgan fingerprint density at radius 3 is 2.75 bits per heavy atom. The van der Waals surface area contributed by atoms with E-state index in [1.165, 1.54) is 0 Å². The number of nitrogens with one attached hydrogen (secondary N) is 1. The maximum atomic E-state index is 13.2. The Morgan fingerprint density at radius 2 is 2.00 bits per heavy atom. The Morgan fingerprint density at radius 1 is 1.19 bits per heavy atom. The van der Waals surface area contributed by atoms with Gasteiger partial charge in [0.2, 0.25) is 5.91 Å². The van der Waals surface area contributed by atoms with Crippen LogP contribution in [0.3, 0.4) is 0 Å². The number of carbonyl (C=O) groups excluding carboxylic acids is 1. The van der Waals surface area contributed by atoms with Crippen LogP contribution in [0.4, 0.5) is 17.1 Å². The number of fused-ring (bicyclic) bond motifs is 3. The predicted octanol–water partition coefficient (Wildman–Crippen LogP) is 2.86. The van der Waals surface area contributed by atoms with E-state index in [0.717, 1.165) is 29.8 Å². The zero-order valence-electron chi connectivity index (χ0n) is 17.7. The molecule has 2 heterocycles. The number of nitro groups is 1. The second kappa shape index (κ2) is 8.15. The Kier molecular flexibility index (Phi) is 5.17. The van der Waals surface area contributed by atoms with Crippen LogP contribution in [-0.2, 0) is 11.2 Å². The summed E-state index contributed by atoms with van der Waals surface area (Å²) in [5.74, 6) is 0.289. The molecule has 0 aromatic heterocycles. The van der Waals surface area contributed by atoms with Gasteiger partial charge in [0.25, 0.3) is 5.69 Å². The van der Waals surface area contributed by atoms with Crippen molar-refractivity contribution in [2.75, 3.05) is 36.0 Å². The summed E-state index contributed by atoms with van der Waals surface area (Å²) < 4.78 is 0. The number of anilines is 2. The fourth-order valence-electron chi connectivity index (χ4n) is 4.98. The molecule has 3 aliphatic rings. The van der Waals surface area contributed by atoms with Crippen molar-refractivity contribution < 1.29 is 9.72 Å². The molecule has 1 saturated carbocycles. The van der Waals surface area contributed by atoms with Gasteiger partial charge in [-0.15, -0.1) is 0 Å². The minimum atomic E-state index is -0.384. The average molecular weight is 431 g/mol. The molecule has 1 N–H and O–H groups in total. The normalized spacial score (nSPS) is 21.8. The minimum absolute atomic E-state index is 0.0134. The van der Waals surface area contributed by atoms with Crippen LogP contribution in [0.15, 0.2) is 42.5 Å². The fourth-order valence-corrected chi connectivity index (χ4v) is 4.98. The standard InChI is InChI=1S/C24H25N5O3/c25-13-17-3-1-2-4-21(17)27-9-10-28-22-8-7-19(29(31)32)11-18(22)12-20(23(28)15-27)24(30)26-14-16-5-6-16/h1-4,7-8,11,16,20,23H,5-6,9-10,12,14-15H2,(H,26,30). The monoisotopic (exact) mass is 431 g/mol. The lowest BCUT2D eigenvalue weighted by Gasteiger charge is -2.49. The lowest BCUT2D eigenvalue weighted by molar-refractivity contribution is -0.384. The maximum Gasteiger partial charge on any atom is 0.269 e. The van der Waals surface area contributed by atoms with Gasteiger partial charge in [0.05, 0.1) is 28.1 Å². The molecule has 2 unspecified atom stereocenters. The highest BCUT2D eigenvalue weighted by molar-refractivity contribution is 5.82. The molecule has 1 aliphatic carbocycles. The SMILES string of the molecule is N#Cc1ccccc1N1CCN2c3ccc([N+](=O)[O-])cc3CC(C(=O)NCC3CC3)C2C1. The van der Waals surface area contributed by atoms with E-state index in [9.17, 15) is 20.2 Å². The van der Waals surface area contributed by atoms with E-state index in [1.807, 2.05) is 30.3 Å². The molecule has 32 heavy (non-hydrogen) atoms. The summed E-state index contributed by atoms with van der Waals surface area (Å²) in [5, 5.41) is 24.0. The van der Waals surface area contributed by atoms with Crippen molar-refractivity contribution in [2.45, 2.75) is 25.3 Å². The lowest BCUT2D eigenvalue weighted by atomic mass is 9.83. The number of piperazine rings is 1. The van der Waals surface area contributed by atoms with Gasteiger partial charge in [-0.2, -0.15) is 5.26 Å². The smallest absolute Gasteiger partial charge is 0.269 e.